The van der Waals surface area contributed by atoms with E-state index in [1.165, 1.54) is 0 Å². The van der Waals surface area contributed by atoms with Crippen molar-refractivity contribution in [2.24, 2.45) is 5.41 Å². The second kappa shape index (κ2) is 6.00. The third-order valence-corrected chi connectivity index (χ3v) is 3.75. The number of pyridine rings is 1. The van der Waals surface area contributed by atoms with E-state index in [-0.39, 0.29) is 17.9 Å². The van der Waals surface area contributed by atoms with Gasteiger partial charge in [0.05, 0.1) is 22.2 Å². The Hall–Kier alpha value is -1.65. The van der Waals surface area contributed by atoms with Crippen LogP contribution in [0.2, 0.25) is 5.02 Å². The molecular weight excluding hydrogens is 288 g/mol. The van der Waals surface area contributed by atoms with Crippen molar-refractivity contribution < 1.29 is 9.90 Å². The van der Waals surface area contributed by atoms with E-state index in [0.717, 1.165) is 5.39 Å². The molecule has 0 fully saturated rings. The van der Waals surface area contributed by atoms with Gasteiger partial charge in [-0.1, -0.05) is 32.4 Å². The first-order chi connectivity index (χ1) is 9.80. The number of aliphatic hydroxyl groups is 1. The van der Waals surface area contributed by atoms with Gasteiger partial charge in [-0.05, 0) is 29.7 Å². The number of aliphatic hydroxyl groups excluding tert-OH is 1. The minimum absolute atomic E-state index is 0.194. The number of hydrogen-bond donors (Lipinski definition) is 2. The number of aromatic nitrogens is 1. The van der Waals surface area contributed by atoms with Crippen LogP contribution in [0.25, 0.3) is 10.9 Å². The molecule has 2 N–H and O–H groups in total. The van der Waals surface area contributed by atoms with E-state index in [1.807, 2.05) is 26.8 Å². The predicted octanol–water partition coefficient (Wildman–Crippen LogP) is 3.03. The molecule has 0 aliphatic rings. The fourth-order valence-electron chi connectivity index (χ4n) is 1.91. The van der Waals surface area contributed by atoms with Crippen LogP contribution in [0.3, 0.4) is 0 Å². The van der Waals surface area contributed by atoms with Crippen LogP contribution in [0, 0.1) is 5.41 Å². The molecule has 0 spiro atoms. The summed E-state index contributed by atoms with van der Waals surface area (Å²) in [7, 11) is 0. The number of benzene rings is 1. The topological polar surface area (TPSA) is 62.2 Å². The highest BCUT2D eigenvalue weighted by atomic mass is 35.5. The molecule has 1 aromatic carbocycles. The zero-order valence-electron chi connectivity index (χ0n) is 12.4. The van der Waals surface area contributed by atoms with Crippen molar-refractivity contribution in [3.63, 3.8) is 0 Å². The van der Waals surface area contributed by atoms with Crippen molar-refractivity contribution in [2.45, 2.75) is 26.9 Å². The molecule has 0 aliphatic heterocycles. The highest BCUT2D eigenvalue weighted by Crippen LogP contribution is 2.25. The molecular formula is C16H19ClN2O2. The fraction of sp³-hybridized carbons (Fsp3) is 0.375. The number of halogens is 1. The van der Waals surface area contributed by atoms with Gasteiger partial charge in [0.2, 0.25) is 0 Å². The van der Waals surface area contributed by atoms with Crippen LogP contribution in [-0.2, 0) is 0 Å². The summed E-state index contributed by atoms with van der Waals surface area (Å²) in [6.45, 7) is 5.95. The van der Waals surface area contributed by atoms with E-state index >= 15 is 0 Å². The molecule has 0 saturated heterocycles. The Labute approximate surface area is 129 Å². The molecule has 0 saturated carbocycles. The van der Waals surface area contributed by atoms with Gasteiger partial charge >= 0.3 is 0 Å². The zero-order chi connectivity index (χ0) is 15.6. The minimum atomic E-state index is -0.618. The number of fused-ring (bicyclic) bond motifs is 1. The number of amides is 1. The quantitative estimate of drug-likeness (QED) is 0.916. The molecule has 1 unspecified atom stereocenters. The molecule has 2 aromatic rings. The van der Waals surface area contributed by atoms with Crippen LogP contribution in [0.5, 0.6) is 0 Å². The lowest BCUT2D eigenvalue weighted by Crippen LogP contribution is -2.39. The van der Waals surface area contributed by atoms with Gasteiger partial charge in [0.1, 0.15) is 0 Å². The summed E-state index contributed by atoms with van der Waals surface area (Å²) in [5, 5.41) is 14.0. The molecule has 1 heterocycles. The SMILES string of the molecule is CC(C)(C)C(O)CNC(=O)c1ccc(Cl)c2cccnc12. The number of rotatable bonds is 3. The second-order valence-electron chi connectivity index (χ2n) is 6.09. The lowest BCUT2D eigenvalue weighted by atomic mass is 9.89. The average molecular weight is 307 g/mol. The van der Waals surface area contributed by atoms with E-state index in [9.17, 15) is 9.90 Å². The molecule has 112 valence electrons. The number of hydrogen-bond acceptors (Lipinski definition) is 3. The van der Waals surface area contributed by atoms with Crippen LogP contribution in [0.15, 0.2) is 30.5 Å². The Morgan fingerprint density at radius 1 is 1.38 bits per heavy atom. The Bertz CT molecular complexity index is 665. The Morgan fingerprint density at radius 2 is 2.10 bits per heavy atom. The monoisotopic (exact) mass is 306 g/mol. The van der Waals surface area contributed by atoms with Crippen molar-refractivity contribution >= 4 is 28.4 Å². The Balaban J connectivity index is 2.23. The van der Waals surface area contributed by atoms with Crippen molar-refractivity contribution in [2.75, 3.05) is 6.54 Å². The fourth-order valence-corrected chi connectivity index (χ4v) is 2.13. The van der Waals surface area contributed by atoms with Gasteiger partial charge in [-0.3, -0.25) is 9.78 Å². The number of carbonyl (C=O) groups excluding carboxylic acids is 1. The van der Waals surface area contributed by atoms with Crippen LogP contribution >= 0.6 is 11.6 Å². The van der Waals surface area contributed by atoms with E-state index in [0.29, 0.717) is 16.1 Å². The standard InChI is InChI=1S/C16H19ClN2O2/c1-16(2,3)13(20)9-19-15(21)11-6-7-12(17)10-5-4-8-18-14(10)11/h4-8,13,20H,9H2,1-3H3,(H,19,21). The number of nitrogens with zero attached hydrogens (tertiary/aromatic N) is 1. The maximum atomic E-state index is 12.3. The van der Waals surface area contributed by atoms with Crippen LogP contribution < -0.4 is 5.32 Å². The Kier molecular flexibility index (Phi) is 4.49. The first-order valence-corrected chi connectivity index (χ1v) is 7.18. The third kappa shape index (κ3) is 3.52. The van der Waals surface area contributed by atoms with Gasteiger partial charge in [-0.15, -0.1) is 0 Å². The van der Waals surface area contributed by atoms with Crippen LogP contribution in [0.4, 0.5) is 0 Å². The molecule has 21 heavy (non-hydrogen) atoms. The molecule has 5 heteroatoms. The van der Waals surface area contributed by atoms with E-state index in [4.69, 9.17) is 11.6 Å². The maximum Gasteiger partial charge on any atom is 0.253 e. The van der Waals surface area contributed by atoms with Gasteiger partial charge in [0.15, 0.2) is 0 Å². The second-order valence-corrected chi connectivity index (χ2v) is 6.49. The Morgan fingerprint density at radius 3 is 2.76 bits per heavy atom. The van der Waals surface area contributed by atoms with E-state index in [1.54, 1.807) is 24.4 Å². The van der Waals surface area contributed by atoms with Gasteiger partial charge < -0.3 is 10.4 Å². The summed E-state index contributed by atoms with van der Waals surface area (Å²) >= 11 is 6.11. The van der Waals surface area contributed by atoms with Gasteiger partial charge in [0, 0.05) is 18.1 Å². The molecule has 0 radical (unpaired) electrons. The molecule has 0 bridgehead atoms. The third-order valence-electron chi connectivity index (χ3n) is 3.42. The van der Waals surface area contributed by atoms with Crippen molar-refractivity contribution in [1.29, 1.82) is 0 Å². The average Bonchev–Trinajstić information content (AvgIpc) is 2.44. The van der Waals surface area contributed by atoms with E-state index < -0.39 is 6.10 Å². The van der Waals surface area contributed by atoms with Gasteiger partial charge in [-0.2, -0.15) is 0 Å². The summed E-state index contributed by atoms with van der Waals surface area (Å²) in [5.41, 5.74) is 0.733. The van der Waals surface area contributed by atoms with Gasteiger partial charge in [0.25, 0.3) is 5.91 Å². The summed E-state index contributed by atoms with van der Waals surface area (Å²) in [6.07, 6.45) is 1.01. The molecule has 0 aliphatic carbocycles. The van der Waals surface area contributed by atoms with Crippen LogP contribution in [-0.4, -0.2) is 28.6 Å². The first-order valence-electron chi connectivity index (χ1n) is 6.80. The summed E-state index contributed by atoms with van der Waals surface area (Å²) in [5.74, 6) is -0.265. The van der Waals surface area contributed by atoms with Crippen molar-refractivity contribution in [1.82, 2.24) is 10.3 Å². The lowest BCUT2D eigenvalue weighted by molar-refractivity contribution is 0.0587. The lowest BCUT2D eigenvalue weighted by Gasteiger charge is -2.25. The maximum absolute atomic E-state index is 12.3. The minimum Gasteiger partial charge on any atom is -0.391 e. The van der Waals surface area contributed by atoms with Crippen molar-refractivity contribution in [3.8, 4) is 0 Å². The highest BCUT2D eigenvalue weighted by Gasteiger charge is 2.23. The molecule has 1 amide bonds. The molecule has 1 aromatic heterocycles. The van der Waals surface area contributed by atoms with Crippen LogP contribution in [0.1, 0.15) is 31.1 Å². The van der Waals surface area contributed by atoms with E-state index in [2.05, 4.69) is 10.3 Å². The largest absolute Gasteiger partial charge is 0.391 e. The van der Waals surface area contributed by atoms with Gasteiger partial charge in [-0.25, -0.2) is 0 Å². The zero-order valence-corrected chi connectivity index (χ0v) is 13.1. The summed E-state index contributed by atoms with van der Waals surface area (Å²) < 4.78 is 0. The smallest absolute Gasteiger partial charge is 0.253 e. The first kappa shape index (κ1) is 15.7. The summed E-state index contributed by atoms with van der Waals surface area (Å²) in [4.78, 5) is 16.5. The number of carbonyl (C=O) groups is 1. The summed E-state index contributed by atoms with van der Waals surface area (Å²) in [6, 6.07) is 6.93. The van der Waals surface area contributed by atoms with Crippen molar-refractivity contribution in [3.05, 3.63) is 41.0 Å². The molecule has 2 rings (SSSR count). The normalized spacial score (nSPS) is 13.2. The molecule has 4 nitrogen and oxygen atoms in total. The number of nitrogens with one attached hydrogen (secondary N) is 1. The molecule has 1 atom stereocenters. The highest BCUT2D eigenvalue weighted by molar-refractivity contribution is 6.36. The predicted molar refractivity (Wildman–Crippen MR) is 84.5 cm³/mol.